The van der Waals surface area contributed by atoms with Crippen LogP contribution in [0.2, 0.25) is 0 Å². The van der Waals surface area contributed by atoms with Gasteiger partial charge in [0.25, 0.3) is 11.7 Å². The van der Waals surface area contributed by atoms with Gasteiger partial charge in [-0.2, -0.15) is 0 Å². The molecule has 9 nitrogen and oxygen atoms in total. The molecule has 1 amide bonds. The number of benzene rings is 1. The maximum absolute atomic E-state index is 12.8. The number of aryl methyl sites for hydroxylation is 2. The van der Waals surface area contributed by atoms with Crippen molar-refractivity contribution in [2.45, 2.75) is 59.0 Å². The van der Waals surface area contributed by atoms with Crippen molar-refractivity contribution in [2.75, 3.05) is 20.3 Å². The average Bonchev–Trinajstić information content (AvgIpc) is 3.46. The zero-order valence-corrected chi connectivity index (χ0v) is 20.2. The van der Waals surface area contributed by atoms with E-state index in [0.717, 1.165) is 55.1 Å². The first-order valence-corrected chi connectivity index (χ1v) is 11.8. The van der Waals surface area contributed by atoms with Crippen LogP contribution in [0.1, 0.15) is 37.0 Å². The summed E-state index contributed by atoms with van der Waals surface area (Å²) < 4.78 is 16.3. The van der Waals surface area contributed by atoms with E-state index in [0.29, 0.717) is 18.0 Å². The van der Waals surface area contributed by atoms with Crippen LogP contribution in [0, 0.1) is 6.92 Å². The van der Waals surface area contributed by atoms with Gasteiger partial charge in [-0.3, -0.25) is 9.78 Å². The minimum atomic E-state index is -0.208. The largest absolute Gasteiger partial charge is 0.506 e. The Labute approximate surface area is 199 Å². The number of pyridine rings is 1. The molecular weight excluding hydrogens is 434 g/mol. The first-order valence-electron chi connectivity index (χ1n) is 11.8. The van der Waals surface area contributed by atoms with Gasteiger partial charge < -0.3 is 25.2 Å². The molecule has 1 aliphatic rings. The van der Waals surface area contributed by atoms with Crippen LogP contribution >= 0.6 is 0 Å². The number of rotatable bonds is 9. The molecule has 1 aliphatic heterocycles. The number of para-hydroxylation sites is 1. The monoisotopic (exact) mass is 468 g/mol. The lowest BCUT2D eigenvalue weighted by Crippen LogP contribution is -2.39. The van der Waals surface area contributed by atoms with Gasteiger partial charge in [-0.15, -0.1) is 0 Å². The zero-order chi connectivity index (χ0) is 24.2. The van der Waals surface area contributed by atoms with Crippen molar-refractivity contribution in [3.05, 3.63) is 47.5 Å². The van der Waals surface area contributed by atoms with Gasteiger partial charge in [0.2, 0.25) is 5.52 Å². The molecule has 3 aromatic rings. The van der Waals surface area contributed by atoms with E-state index in [4.69, 9.17) is 15.2 Å². The number of amides is 1. The third-order valence-electron chi connectivity index (χ3n) is 6.32. The van der Waals surface area contributed by atoms with Gasteiger partial charge in [0.15, 0.2) is 17.9 Å². The topological polar surface area (TPSA) is 107 Å². The van der Waals surface area contributed by atoms with Crippen molar-refractivity contribution in [3.8, 4) is 11.5 Å². The highest BCUT2D eigenvalue weighted by molar-refractivity contribution is 5.81. The lowest BCUT2D eigenvalue weighted by Gasteiger charge is -2.18. The van der Waals surface area contributed by atoms with E-state index < -0.39 is 0 Å². The summed E-state index contributed by atoms with van der Waals surface area (Å²) in [5.41, 5.74) is 9.35. The zero-order valence-electron chi connectivity index (χ0n) is 20.2. The number of fused-ring (bicyclic) bond motifs is 1. The molecule has 182 valence electrons. The fourth-order valence-corrected chi connectivity index (χ4v) is 4.57. The highest BCUT2D eigenvalue weighted by atomic mass is 16.5. The van der Waals surface area contributed by atoms with Gasteiger partial charge in [-0.1, -0.05) is 6.07 Å². The summed E-state index contributed by atoms with van der Waals surface area (Å²) in [6.07, 6.45) is 2.30. The van der Waals surface area contributed by atoms with E-state index in [9.17, 15) is 9.90 Å². The quantitative estimate of drug-likeness (QED) is 0.466. The Morgan fingerprint density at radius 1 is 1.38 bits per heavy atom. The molecule has 9 heteroatoms. The predicted molar refractivity (Wildman–Crippen MR) is 127 cm³/mol. The smallest absolute Gasteiger partial charge is 0.271 e. The summed E-state index contributed by atoms with van der Waals surface area (Å²) >= 11 is 0. The van der Waals surface area contributed by atoms with Crippen LogP contribution in [0.15, 0.2) is 30.3 Å². The van der Waals surface area contributed by atoms with Crippen LogP contribution in [0.4, 0.5) is 0 Å². The molecule has 0 spiro atoms. The number of carbonyl (C=O) groups excluding carboxylic acids is 1. The number of aromatic nitrogens is 3. The predicted octanol–water partition coefficient (Wildman–Crippen LogP) is 2.03. The van der Waals surface area contributed by atoms with Gasteiger partial charge in [-0.25, -0.2) is 9.13 Å². The molecule has 1 fully saturated rings. The summed E-state index contributed by atoms with van der Waals surface area (Å²) in [5.74, 6) is 1.51. The minimum Gasteiger partial charge on any atom is -0.506 e. The van der Waals surface area contributed by atoms with E-state index in [-0.39, 0.29) is 30.9 Å². The van der Waals surface area contributed by atoms with Crippen molar-refractivity contribution >= 4 is 16.9 Å². The van der Waals surface area contributed by atoms with Gasteiger partial charge in [-0.05, 0) is 51.0 Å². The van der Waals surface area contributed by atoms with E-state index in [1.54, 1.807) is 19.2 Å². The number of hydrogen-bond donors (Lipinski definition) is 2. The molecule has 0 radical (unpaired) electrons. The van der Waals surface area contributed by atoms with Crippen LogP contribution in [0.25, 0.3) is 11.0 Å². The fraction of sp³-hybridized carbons (Fsp3) is 0.480. The van der Waals surface area contributed by atoms with E-state index in [1.807, 2.05) is 19.1 Å². The first-order chi connectivity index (χ1) is 16.4. The Morgan fingerprint density at radius 3 is 2.91 bits per heavy atom. The number of ether oxygens (including phenoxy) is 2. The van der Waals surface area contributed by atoms with Gasteiger partial charge >= 0.3 is 0 Å². The van der Waals surface area contributed by atoms with Crippen LogP contribution in [0.5, 0.6) is 11.5 Å². The molecule has 0 bridgehead atoms. The number of nitrogens with zero attached hydrogens (tertiary/aromatic N) is 4. The molecule has 1 atom stereocenters. The molecule has 34 heavy (non-hydrogen) atoms. The molecular formula is C25H34N5O4+. The molecule has 0 unspecified atom stereocenters. The Kier molecular flexibility index (Phi) is 7.33. The highest BCUT2D eigenvalue weighted by Crippen LogP contribution is 2.27. The summed E-state index contributed by atoms with van der Waals surface area (Å²) in [5, 5.41) is 10.0. The Balaban J connectivity index is 1.55. The van der Waals surface area contributed by atoms with Crippen molar-refractivity contribution in [1.29, 1.82) is 0 Å². The molecule has 1 aromatic carbocycles. The Bertz CT molecular complexity index is 1170. The number of hydrogen-bond acceptors (Lipinski definition) is 6. The van der Waals surface area contributed by atoms with Gasteiger partial charge in [0.05, 0.1) is 25.7 Å². The number of likely N-dealkylation sites (N-methyl/N-ethyl adjacent to an activating group) is 1. The lowest BCUT2D eigenvalue weighted by atomic mass is 10.2. The molecule has 3 N–H and O–H groups in total. The van der Waals surface area contributed by atoms with E-state index in [2.05, 4.69) is 27.1 Å². The summed E-state index contributed by atoms with van der Waals surface area (Å²) in [6.45, 7) is 6.66. The standard InChI is InChI=1S/C25H33N5O4/c1-4-29-23(13-26)30(14-18-7-6-12-33-18)20-8-5-9-22(25(20)29)34-16-24(32)28(3)15-19-21(31)11-10-17(2)27-19/h5,8-11,18H,4,6-7,12-16,26H2,1-3H3/p+1/t18-/m0/s1. The average molecular weight is 469 g/mol. The Morgan fingerprint density at radius 2 is 2.21 bits per heavy atom. The first kappa shape index (κ1) is 24.0. The third kappa shape index (κ3) is 4.85. The maximum atomic E-state index is 12.8. The van der Waals surface area contributed by atoms with Crippen LogP contribution in [0.3, 0.4) is 0 Å². The fourth-order valence-electron chi connectivity index (χ4n) is 4.57. The molecule has 3 heterocycles. The maximum Gasteiger partial charge on any atom is 0.271 e. The molecule has 2 aromatic heterocycles. The van der Waals surface area contributed by atoms with Crippen LogP contribution in [-0.2, 0) is 35.7 Å². The van der Waals surface area contributed by atoms with Gasteiger partial charge in [0, 0.05) is 19.3 Å². The van der Waals surface area contributed by atoms with Crippen LogP contribution < -0.4 is 15.0 Å². The highest BCUT2D eigenvalue weighted by Gasteiger charge is 2.29. The normalized spacial score (nSPS) is 15.7. The molecule has 4 rings (SSSR count). The van der Waals surface area contributed by atoms with Gasteiger partial charge in [0.1, 0.15) is 18.0 Å². The summed E-state index contributed by atoms with van der Waals surface area (Å²) in [7, 11) is 1.67. The lowest BCUT2D eigenvalue weighted by molar-refractivity contribution is -0.676. The summed E-state index contributed by atoms with van der Waals surface area (Å²) in [6, 6.07) is 9.20. The van der Waals surface area contributed by atoms with E-state index >= 15 is 0 Å². The Hall–Kier alpha value is -3.17. The third-order valence-corrected chi connectivity index (χ3v) is 6.32. The second kappa shape index (κ2) is 10.4. The number of aromatic hydroxyl groups is 1. The molecule has 0 aliphatic carbocycles. The van der Waals surface area contributed by atoms with E-state index in [1.165, 1.54) is 4.90 Å². The summed E-state index contributed by atoms with van der Waals surface area (Å²) in [4.78, 5) is 18.6. The van der Waals surface area contributed by atoms with Crippen LogP contribution in [-0.4, -0.2) is 51.8 Å². The number of carbonyl (C=O) groups is 1. The van der Waals surface area contributed by atoms with Crippen molar-refractivity contribution in [1.82, 2.24) is 14.5 Å². The second-order valence-electron chi connectivity index (χ2n) is 8.69. The van der Waals surface area contributed by atoms with Crippen molar-refractivity contribution < 1.29 is 23.9 Å². The van der Waals surface area contributed by atoms with Crippen molar-refractivity contribution in [2.24, 2.45) is 5.73 Å². The molecule has 0 saturated carbocycles. The molecule has 1 saturated heterocycles. The number of imidazole rings is 1. The second-order valence-corrected chi connectivity index (χ2v) is 8.69. The minimum absolute atomic E-state index is 0.0711. The number of nitrogens with two attached hydrogens (primary N) is 1. The van der Waals surface area contributed by atoms with Crippen molar-refractivity contribution in [3.63, 3.8) is 0 Å². The SMILES string of the molecule is CC[n+]1c(CN)n(C[C@@H]2CCCO2)c2cccc(OCC(=O)N(C)Cc3nc(C)ccc3O)c21.